The fourth-order valence-corrected chi connectivity index (χ4v) is 5.21. The van der Waals surface area contributed by atoms with Crippen LogP contribution in [0.4, 0.5) is 34.5 Å². The Hall–Kier alpha value is -3.12. The number of nitrogens with zero attached hydrogens (tertiary/aromatic N) is 4. The van der Waals surface area contributed by atoms with Gasteiger partial charge in [-0.25, -0.2) is 4.98 Å². The Morgan fingerprint density at radius 2 is 2.00 bits per heavy atom. The molecule has 1 unspecified atom stereocenters. The van der Waals surface area contributed by atoms with Gasteiger partial charge in [0.25, 0.3) is 0 Å². The van der Waals surface area contributed by atoms with Crippen molar-refractivity contribution in [2.24, 2.45) is 5.41 Å². The molecular formula is C24H27ClN7O3S-. The van der Waals surface area contributed by atoms with Crippen LogP contribution in [0, 0.1) is 5.41 Å². The molecule has 2 aliphatic rings. The van der Waals surface area contributed by atoms with Crippen molar-refractivity contribution in [3.8, 4) is 5.75 Å². The molecule has 3 heterocycles. The Balaban J connectivity index is 1.35. The van der Waals surface area contributed by atoms with Crippen LogP contribution in [0.3, 0.4) is 0 Å². The summed E-state index contributed by atoms with van der Waals surface area (Å²) < 4.78 is 30.2. The standard InChI is InChI=1S/C24H28ClN7O3S/c1-3-32(36(33)34)20-7-5-4-6-18(20)28-22-17(25)11-27-23(30-22)29-19-9-8-16(10-21(19)35-2)31-14-24(15-31)12-26-13-24/h4-11,26H,3,12-15H2,1-2H3,(H,33,34)(H2,27,28,29,30)/p-1. The van der Waals surface area contributed by atoms with Gasteiger partial charge in [-0.05, 0) is 31.2 Å². The number of aromatic nitrogens is 2. The first-order chi connectivity index (χ1) is 17.4. The van der Waals surface area contributed by atoms with Crippen molar-refractivity contribution in [2.45, 2.75) is 6.92 Å². The lowest BCUT2D eigenvalue weighted by atomic mass is 9.74. The van der Waals surface area contributed by atoms with Crippen LogP contribution in [0.15, 0.2) is 48.7 Å². The highest BCUT2D eigenvalue weighted by Gasteiger charge is 2.47. The Morgan fingerprint density at radius 1 is 1.22 bits per heavy atom. The molecule has 0 amide bonds. The van der Waals surface area contributed by atoms with Crippen molar-refractivity contribution in [3.05, 3.63) is 53.7 Å². The van der Waals surface area contributed by atoms with E-state index in [1.807, 2.05) is 12.1 Å². The normalized spacial score (nSPS) is 16.6. The van der Waals surface area contributed by atoms with Gasteiger partial charge in [0, 0.05) is 61.2 Å². The van der Waals surface area contributed by atoms with Crippen molar-refractivity contribution >= 4 is 57.4 Å². The third-order valence-corrected chi connectivity index (χ3v) is 7.58. The molecule has 12 heteroatoms. The number of hydrogen-bond acceptors (Lipinski definition) is 9. The molecule has 0 saturated carbocycles. The average molecular weight is 529 g/mol. The summed E-state index contributed by atoms with van der Waals surface area (Å²) in [7, 11) is 1.63. The molecule has 0 radical (unpaired) electrons. The summed E-state index contributed by atoms with van der Waals surface area (Å²) in [5.74, 6) is 1.33. The lowest BCUT2D eigenvalue weighted by molar-refractivity contribution is 0.121. The molecule has 1 spiro atoms. The second-order valence-corrected chi connectivity index (χ2v) is 10.2. The highest BCUT2D eigenvalue weighted by molar-refractivity contribution is 7.80. The van der Waals surface area contributed by atoms with Gasteiger partial charge in [-0.15, -0.1) is 0 Å². The Bertz CT molecular complexity index is 1280. The molecule has 2 fully saturated rings. The summed E-state index contributed by atoms with van der Waals surface area (Å²) in [6, 6.07) is 13.0. The van der Waals surface area contributed by atoms with Crippen molar-refractivity contribution in [3.63, 3.8) is 0 Å². The summed E-state index contributed by atoms with van der Waals surface area (Å²) in [4.78, 5) is 11.2. The molecule has 36 heavy (non-hydrogen) atoms. The zero-order valence-electron chi connectivity index (χ0n) is 20.0. The molecule has 2 aromatic carbocycles. The van der Waals surface area contributed by atoms with Crippen LogP contribution in [0.5, 0.6) is 5.75 Å². The van der Waals surface area contributed by atoms with Crippen molar-refractivity contribution in [1.82, 2.24) is 15.3 Å². The van der Waals surface area contributed by atoms with E-state index >= 15 is 0 Å². The number of benzene rings is 2. The van der Waals surface area contributed by atoms with Gasteiger partial charge in [-0.1, -0.05) is 23.7 Å². The van der Waals surface area contributed by atoms with Crippen LogP contribution >= 0.6 is 11.6 Å². The van der Waals surface area contributed by atoms with Gasteiger partial charge in [0.15, 0.2) is 5.82 Å². The Morgan fingerprint density at radius 3 is 2.67 bits per heavy atom. The zero-order valence-corrected chi connectivity index (χ0v) is 21.5. The van der Waals surface area contributed by atoms with Gasteiger partial charge < -0.3 is 34.4 Å². The van der Waals surface area contributed by atoms with E-state index in [-0.39, 0.29) is 6.54 Å². The average Bonchev–Trinajstić information content (AvgIpc) is 2.81. The molecule has 2 saturated heterocycles. The Kier molecular flexibility index (Phi) is 6.89. The lowest BCUT2D eigenvalue weighted by Crippen LogP contribution is -2.71. The van der Waals surface area contributed by atoms with Crippen LogP contribution in [0.1, 0.15) is 6.92 Å². The number of para-hydroxylation sites is 2. The molecule has 1 atom stereocenters. The largest absolute Gasteiger partial charge is 0.755 e. The number of halogens is 1. The predicted octanol–water partition coefficient (Wildman–Crippen LogP) is 3.66. The first kappa shape index (κ1) is 24.6. The lowest BCUT2D eigenvalue weighted by Gasteiger charge is -2.57. The third kappa shape index (κ3) is 4.79. The first-order valence-electron chi connectivity index (χ1n) is 11.6. The second kappa shape index (κ2) is 10.1. The van der Waals surface area contributed by atoms with Gasteiger partial charge >= 0.3 is 0 Å². The maximum Gasteiger partial charge on any atom is 0.229 e. The minimum atomic E-state index is -2.42. The second-order valence-electron chi connectivity index (χ2n) is 8.91. The SMILES string of the molecule is CCN(c1ccccc1Nc1nc(Nc2ccc(N3CC4(CNC4)C3)cc2OC)ncc1Cl)S(=O)[O-]. The van der Waals surface area contributed by atoms with E-state index in [9.17, 15) is 8.76 Å². The molecule has 10 nitrogen and oxygen atoms in total. The minimum Gasteiger partial charge on any atom is -0.755 e. The van der Waals surface area contributed by atoms with Crippen molar-refractivity contribution in [2.75, 3.05) is 59.7 Å². The molecule has 0 aliphatic carbocycles. The molecule has 0 bridgehead atoms. The van der Waals surface area contributed by atoms with Crippen LogP contribution in [0.2, 0.25) is 5.02 Å². The molecule has 3 N–H and O–H groups in total. The number of ether oxygens (including phenoxy) is 1. The van der Waals surface area contributed by atoms with E-state index in [4.69, 9.17) is 16.3 Å². The molecule has 1 aromatic heterocycles. The fraction of sp³-hybridized carbons (Fsp3) is 0.333. The van der Waals surface area contributed by atoms with E-state index in [1.54, 1.807) is 38.3 Å². The van der Waals surface area contributed by atoms with Crippen LogP contribution in [-0.2, 0) is 11.3 Å². The van der Waals surface area contributed by atoms with Gasteiger partial charge in [0.2, 0.25) is 5.95 Å². The smallest absolute Gasteiger partial charge is 0.229 e. The molecule has 190 valence electrons. The molecule has 3 aromatic rings. The molecule has 5 rings (SSSR count). The number of hydrogen-bond donors (Lipinski definition) is 3. The molecular weight excluding hydrogens is 502 g/mol. The maximum atomic E-state index is 11.7. The molecule has 2 aliphatic heterocycles. The summed E-state index contributed by atoms with van der Waals surface area (Å²) in [6.07, 6.45) is 1.48. The summed E-state index contributed by atoms with van der Waals surface area (Å²) in [5.41, 5.74) is 3.29. The van der Waals surface area contributed by atoms with E-state index < -0.39 is 11.3 Å². The maximum absolute atomic E-state index is 11.7. The number of rotatable bonds is 9. The zero-order chi connectivity index (χ0) is 25.3. The highest BCUT2D eigenvalue weighted by atomic mass is 35.5. The quantitative estimate of drug-likeness (QED) is 0.357. The Labute approximate surface area is 217 Å². The van der Waals surface area contributed by atoms with Gasteiger partial charge in [0.1, 0.15) is 10.8 Å². The summed E-state index contributed by atoms with van der Waals surface area (Å²) >= 11 is 3.95. The summed E-state index contributed by atoms with van der Waals surface area (Å²) in [6.45, 7) is 6.30. The van der Waals surface area contributed by atoms with E-state index in [0.29, 0.717) is 39.3 Å². The number of nitrogens with one attached hydrogen (secondary N) is 3. The van der Waals surface area contributed by atoms with E-state index in [2.05, 4.69) is 36.9 Å². The third-order valence-electron chi connectivity index (χ3n) is 6.49. The minimum absolute atomic E-state index is 0.282. The monoisotopic (exact) mass is 528 g/mol. The van der Waals surface area contributed by atoms with Gasteiger partial charge in [-0.2, -0.15) is 4.98 Å². The van der Waals surface area contributed by atoms with Crippen LogP contribution < -0.4 is 29.9 Å². The van der Waals surface area contributed by atoms with Crippen molar-refractivity contribution in [1.29, 1.82) is 0 Å². The van der Waals surface area contributed by atoms with E-state index in [0.717, 1.165) is 37.6 Å². The van der Waals surface area contributed by atoms with Crippen LogP contribution in [-0.4, -0.2) is 58.6 Å². The van der Waals surface area contributed by atoms with Crippen molar-refractivity contribution < 1.29 is 13.5 Å². The first-order valence-corrected chi connectivity index (χ1v) is 13.0. The number of methoxy groups -OCH3 is 1. The van der Waals surface area contributed by atoms with Gasteiger partial charge in [0.05, 0.1) is 30.4 Å². The van der Waals surface area contributed by atoms with Crippen LogP contribution in [0.25, 0.3) is 0 Å². The fourth-order valence-electron chi connectivity index (χ4n) is 4.54. The highest BCUT2D eigenvalue weighted by Crippen LogP contribution is 2.40. The summed E-state index contributed by atoms with van der Waals surface area (Å²) in [5, 5.41) is 9.99. The predicted molar refractivity (Wildman–Crippen MR) is 142 cm³/mol. The van der Waals surface area contributed by atoms with E-state index in [1.165, 1.54) is 10.5 Å². The topological polar surface area (TPSA) is 118 Å². The van der Waals surface area contributed by atoms with Gasteiger partial charge in [-0.3, -0.25) is 4.21 Å². The number of anilines is 6.